The van der Waals surface area contributed by atoms with Crippen molar-refractivity contribution >= 4 is 5.91 Å². The Labute approximate surface area is 161 Å². The fraction of sp³-hybridized carbons (Fsp3) is 0.143. The summed E-state index contributed by atoms with van der Waals surface area (Å²) in [5.41, 5.74) is 5.35. The summed E-state index contributed by atoms with van der Waals surface area (Å²) in [5.74, 6) is -0.138. The van der Waals surface area contributed by atoms with Crippen LogP contribution in [0.4, 0.5) is 0 Å². The second-order valence-electron chi connectivity index (χ2n) is 6.82. The van der Waals surface area contributed by atoms with E-state index >= 15 is 0 Å². The van der Waals surface area contributed by atoms with Crippen LogP contribution in [0.2, 0.25) is 0 Å². The molecule has 0 N–H and O–H groups in total. The number of carbonyl (C=O) groups excluding carboxylic acids is 1. The number of benzene rings is 1. The molecule has 4 heterocycles. The number of carbonyl (C=O) groups is 1. The van der Waals surface area contributed by atoms with Crippen LogP contribution in [0.3, 0.4) is 0 Å². The number of rotatable bonds is 2. The summed E-state index contributed by atoms with van der Waals surface area (Å²) >= 11 is 0. The van der Waals surface area contributed by atoms with Crippen LogP contribution in [-0.2, 0) is 20.1 Å². The Kier molecular flexibility index (Phi) is 3.79. The Morgan fingerprint density at radius 1 is 1.07 bits per heavy atom. The summed E-state index contributed by atoms with van der Waals surface area (Å²) in [4.78, 5) is 23.1. The van der Waals surface area contributed by atoms with E-state index in [-0.39, 0.29) is 5.91 Å². The summed E-state index contributed by atoms with van der Waals surface area (Å²) in [6, 6.07) is 12.0. The third kappa shape index (κ3) is 2.68. The molecule has 28 heavy (non-hydrogen) atoms. The quantitative estimate of drug-likeness (QED) is 0.544. The van der Waals surface area contributed by atoms with Crippen molar-refractivity contribution in [2.24, 2.45) is 7.05 Å². The van der Waals surface area contributed by atoms with Gasteiger partial charge in [-0.2, -0.15) is 5.10 Å². The highest BCUT2D eigenvalue weighted by Crippen LogP contribution is 2.33. The molecule has 0 spiro atoms. The summed E-state index contributed by atoms with van der Waals surface area (Å²) in [6.45, 7) is 0.961. The molecule has 0 radical (unpaired) electrons. The maximum atomic E-state index is 13.1. The van der Waals surface area contributed by atoms with Crippen molar-refractivity contribution in [2.75, 3.05) is 0 Å². The van der Waals surface area contributed by atoms with Crippen molar-refractivity contribution < 1.29 is 4.79 Å². The predicted molar refractivity (Wildman–Crippen MR) is 104 cm³/mol. The molecule has 138 valence electrons. The molecule has 0 saturated heterocycles. The molecule has 7 nitrogen and oxygen atoms in total. The van der Waals surface area contributed by atoms with Crippen LogP contribution in [0.25, 0.3) is 16.9 Å². The Morgan fingerprint density at radius 3 is 2.71 bits per heavy atom. The topological polar surface area (TPSA) is 68.8 Å². The van der Waals surface area contributed by atoms with Gasteiger partial charge in [0.25, 0.3) is 5.91 Å². The van der Waals surface area contributed by atoms with E-state index in [0.29, 0.717) is 18.8 Å². The Hall–Kier alpha value is -3.74. The van der Waals surface area contributed by atoms with Gasteiger partial charge in [0.05, 0.1) is 30.7 Å². The SMILES string of the molecule is Cn1ccc2c1CN(C(=O)c1cnccn1)Cc1cn(-c3ccccc3)nc1-2. The lowest BCUT2D eigenvalue weighted by Crippen LogP contribution is -2.30. The van der Waals surface area contributed by atoms with E-state index < -0.39 is 0 Å². The van der Waals surface area contributed by atoms with Crippen LogP contribution < -0.4 is 0 Å². The average Bonchev–Trinajstić information content (AvgIpc) is 3.28. The first-order chi connectivity index (χ1) is 13.7. The Morgan fingerprint density at radius 2 is 1.93 bits per heavy atom. The van der Waals surface area contributed by atoms with Crippen LogP contribution in [0.1, 0.15) is 21.7 Å². The smallest absolute Gasteiger partial charge is 0.274 e. The molecule has 4 aromatic rings. The van der Waals surface area contributed by atoms with E-state index in [1.54, 1.807) is 11.1 Å². The molecule has 0 saturated carbocycles. The zero-order valence-electron chi connectivity index (χ0n) is 15.4. The number of amides is 1. The predicted octanol–water partition coefficient (Wildman–Crippen LogP) is 2.82. The van der Waals surface area contributed by atoms with Gasteiger partial charge in [0.2, 0.25) is 0 Å². The van der Waals surface area contributed by atoms with Crippen LogP contribution in [0.15, 0.2) is 67.4 Å². The van der Waals surface area contributed by atoms with E-state index in [2.05, 4.69) is 16.0 Å². The summed E-state index contributed by atoms with van der Waals surface area (Å²) < 4.78 is 3.92. The van der Waals surface area contributed by atoms with Gasteiger partial charge in [-0.1, -0.05) is 18.2 Å². The minimum absolute atomic E-state index is 0.138. The van der Waals surface area contributed by atoms with Gasteiger partial charge in [-0.15, -0.1) is 0 Å². The molecule has 0 fully saturated rings. The van der Waals surface area contributed by atoms with Gasteiger partial charge in [0.1, 0.15) is 5.69 Å². The van der Waals surface area contributed by atoms with Gasteiger partial charge in [-0.3, -0.25) is 9.78 Å². The monoisotopic (exact) mass is 370 g/mol. The first kappa shape index (κ1) is 16.4. The van der Waals surface area contributed by atoms with Crippen molar-refractivity contribution in [2.45, 2.75) is 13.1 Å². The second-order valence-corrected chi connectivity index (χ2v) is 6.82. The average molecular weight is 370 g/mol. The normalized spacial score (nSPS) is 13.0. The second kappa shape index (κ2) is 6.45. The molecular formula is C21H18N6O. The van der Waals surface area contributed by atoms with Crippen LogP contribution in [0, 0.1) is 0 Å². The molecule has 1 aliphatic rings. The fourth-order valence-corrected chi connectivity index (χ4v) is 3.60. The lowest BCUT2D eigenvalue weighted by molar-refractivity contribution is 0.0722. The Balaban J connectivity index is 1.61. The maximum Gasteiger partial charge on any atom is 0.274 e. The number of aryl methyl sites for hydroxylation is 1. The van der Waals surface area contributed by atoms with Crippen LogP contribution >= 0.6 is 0 Å². The molecule has 7 heteroatoms. The summed E-state index contributed by atoms with van der Waals surface area (Å²) in [7, 11) is 1.99. The number of nitrogens with zero attached hydrogens (tertiary/aromatic N) is 6. The van der Waals surface area contributed by atoms with Crippen molar-refractivity contribution in [1.82, 2.24) is 29.2 Å². The summed E-state index contributed by atoms with van der Waals surface area (Å²) in [6.07, 6.45) is 8.62. The fourth-order valence-electron chi connectivity index (χ4n) is 3.60. The van der Waals surface area contributed by atoms with Gasteiger partial charge < -0.3 is 9.47 Å². The van der Waals surface area contributed by atoms with Gasteiger partial charge in [0, 0.05) is 48.7 Å². The van der Waals surface area contributed by atoms with E-state index in [4.69, 9.17) is 5.10 Å². The molecular weight excluding hydrogens is 352 g/mol. The van der Waals surface area contributed by atoms with E-state index in [9.17, 15) is 4.79 Å². The lowest BCUT2D eigenvalue weighted by atomic mass is 10.1. The standard InChI is InChI=1S/C21H18N6O/c1-25-10-7-17-19(25)14-26(21(28)18-11-22-8-9-23-18)12-15-13-27(24-20(15)17)16-5-3-2-4-6-16/h2-11,13H,12,14H2,1H3. The van der Waals surface area contributed by atoms with Crippen LogP contribution in [-0.4, -0.2) is 35.1 Å². The number of para-hydroxylation sites is 1. The molecule has 1 aromatic carbocycles. The highest BCUT2D eigenvalue weighted by atomic mass is 16.2. The number of aromatic nitrogens is 5. The minimum Gasteiger partial charge on any atom is -0.352 e. The van der Waals surface area contributed by atoms with Gasteiger partial charge in [0.15, 0.2) is 0 Å². The van der Waals surface area contributed by atoms with E-state index in [1.165, 1.54) is 12.4 Å². The largest absolute Gasteiger partial charge is 0.352 e. The zero-order chi connectivity index (χ0) is 19.1. The first-order valence-electron chi connectivity index (χ1n) is 9.04. The third-order valence-corrected chi connectivity index (χ3v) is 5.04. The van der Waals surface area contributed by atoms with E-state index in [1.807, 2.05) is 59.0 Å². The molecule has 3 aromatic heterocycles. The molecule has 1 amide bonds. The minimum atomic E-state index is -0.138. The molecule has 5 rings (SSSR count). The highest BCUT2D eigenvalue weighted by Gasteiger charge is 2.28. The van der Waals surface area contributed by atoms with Crippen molar-refractivity contribution in [3.63, 3.8) is 0 Å². The number of fused-ring (bicyclic) bond motifs is 3. The first-order valence-corrected chi connectivity index (χ1v) is 9.04. The molecule has 0 bridgehead atoms. The van der Waals surface area contributed by atoms with Gasteiger partial charge in [-0.25, -0.2) is 9.67 Å². The number of hydrogen-bond acceptors (Lipinski definition) is 4. The van der Waals surface area contributed by atoms with Crippen molar-refractivity contribution in [3.05, 3.63) is 84.3 Å². The molecule has 0 aliphatic carbocycles. The lowest BCUT2D eigenvalue weighted by Gasteiger charge is -2.21. The molecule has 1 aliphatic heterocycles. The van der Waals surface area contributed by atoms with Gasteiger partial charge >= 0.3 is 0 Å². The number of hydrogen-bond donors (Lipinski definition) is 0. The van der Waals surface area contributed by atoms with Crippen LogP contribution in [0.5, 0.6) is 0 Å². The highest BCUT2D eigenvalue weighted by molar-refractivity contribution is 5.92. The maximum absolute atomic E-state index is 13.1. The molecule has 0 unspecified atom stereocenters. The summed E-state index contributed by atoms with van der Waals surface area (Å²) in [5, 5.41) is 4.84. The zero-order valence-corrected chi connectivity index (χ0v) is 15.4. The van der Waals surface area contributed by atoms with Gasteiger partial charge in [-0.05, 0) is 18.2 Å². The molecule has 0 atom stereocenters. The van der Waals surface area contributed by atoms with Crippen molar-refractivity contribution in [3.8, 4) is 16.9 Å². The van der Waals surface area contributed by atoms with Crippen molar-refractivity contribution in [1.29, 1.82) is 0 Å². The van der Waals surface area contributed by atoms with E-state index in [0.717, 1.165) is 28.2 Å². The third-order valence-electron chi connectivity index (χ3n) is 5.04. The Bertz CT molecular complexity index is 1150.